The lowest BCUT2D eigenvalue weighted by Crippen LogP contribution is -2.18. The highest BCUT2D eigenvalue weighted by Crippen LogP contribution is 2.30. The van der Waals surface area contributed by atoms with Gasteiger partial charge in [0.15, 0.2) is 11.5 Å². The van der Waals surface area contributed by atoms with Crippen LogP contribution >= 0.6 is 15.9 Å². The van der Waals surface area contributed by atoms with Gasteiger partial charge in [-0.1, -0.05) is 12.5 Å². The zero-order chi connectivity index (χ0) is 22.4. The Balaban J connectivity index is 1.49. The minimum absolute atomic E-state index is 0.186. The van der Waals surface area contributed by atoms with Crippen LogP contribution in [0.4, 0.5) is 11.6 Å². The molecule has 1 fully saturated rings. The highest BCUT2D eigenvalue weighted by molar-refractivity contribution is 9.10. The molecule has 0 saturated heterocycles. The zero-order valence-corrected chi connectivity index (χ0v) is 19.0. The Bertz CT molecular complexity index is 1560. The average molecular weight is 504 g/mol. The number of aromatic nitrogens is 8. The predicted octanol–water partition coefficient (Wildman–Crippen LogP) is 3.60. The maximum absolute atomic E-state index is 12.3. The van der Waals surface area contributed by atoms with E-state index < -0.39 is 5.56 Å². The molecule has 4 aromatic heterocycles. The summed E-state index contributed by atoms with van der Waals surface area (Å²) in [6.07, 6.45) is 11.8. The van der Waals surface area contributed by atoms with Crippen molar-refractivity contribution in [1.82, 2.24) is 39.3 Å². The van der Waals surface area contributed by atoms with Crippen molar-refractivity contribution < 1.29 is 0 Å². The maximum Gasteiger partial charge on any atom is 0.295 e. The lowest BCUT2D eigenvalue weighted by atomic mass is 9.85. The molecule has 1 saturated carbocycles. The molecule has 1 aromatic carbocycles. The van der Waals surface area contributed by atoms with Crippen LogP contribution in [0.3, 0.4) is 0 Å². The van der Waals surface area contributed by atoms with E-state index in [0.717, 1.165) is 22.0 Å². The van der Waals surface area contributed by atoms with Crippen LogP contribution in [0.5, 0.6) is 0 Å². The summed E-state index contributed by atoms with van der Waals surface area (Å²) in [6, 6.07) is 5.77. The second-order valence-electron chi connectivity index (χ2n) is 8.04. The fourth-order valence-electron chi connectivity index (χ4n) is 3.91. The number of halogens is 1. The van der Waals surface area contributed by atoms with Gasteiger partial charge in [-0.25, -0.2) is 15.0 Å². The smallest absolute Gasteiger partial charge is 0.295 e. The van der Waals surface area contributed by atoms with Gasteiger partial charge in [-0.2, -0.15) is 9.61 Å². The normalized spacial score (nSPS) is 14.0. The van der Waals surface area contributed by atoms with Gasteiger partial charge in [-0.3, -0.25) is 14.5 Å². The molecule has 10 nitrogen and oxygen atoms in total. The lowest BCUT2D eigenvalue weighted by molar-refractivity contribution is 0.266. The van der Waals surface area contributed by atoms with Crippen LogP contribution in [0, 0.1) is 5.92 Å². The number of hydrogen-bond acceptors (Lipinski definition) is 8. The second-order valence-corrected chi connectivity index (χ2v) is 8.89. The third kappa shape index (κ3) is 3.63. The standard InChI is InChI=1S/C22H18BrN9O/c23-16-6-2-5-15-18(16)28-22(27-17-10-24-7-8-25-21(17)33)32-20(15)29-19(30-32)14-9-26-31(12-14)11-13-3-1-4-13/h2,5-10,12-13H,1,3-4,11H2,(H,25,27,28,33). The first-order valence-corrected chi connectivity index (χ1v) is 11.4. The number of rotatable bonds is 5. The Kier molecular flexibility index (Phi) is 4.83. The van der Waals surface area contributed by atoms with E-state index >= 15 is 0 Å². The van der Waals surface area contributed by atoms with Gasteiger partial charge in [-0.05, 0) is 46.8 Å². The van der Waals surface area contributed by atoms with E-state index in [9.17, 15) is 4.79 Å². The topological polar surface area (TPSA) is 116 Å². The summed E-state index contributed by atoms with van der Waals surface area (Å²) in [5.74, 6) is 1.56. The van der Waals surface area contributed by atoms with Crippen LogP contribution in [-0.4, -0.2) is 39.3 Å². The van der Waals surface area contributed by atoms with Crippen molar-refractivity contribution in [2.45, 2.75) is 25.8 Å². The summed E-state index contributed by atoms with van der Waals surface area (Å²) in [5, 5.41) is 13.1. The van der Waals surface area contributed by atoms with Crippen LogP contribution in [0.2, 0.25) is 0 Å². The molecule has 0 radical (unpaired) electrons. The number of anilines is 2. The van der Waals surface area contributed by atoms with E-state index in [0.29, 0.717) is 28.9 Å². The van der Waals surface area contributed by atoms with Gasteiger partial charge in [0.25, 0.3) is 5.56 Å². The molecule has 6 rings (SSSR count). The highest BCUT2D eigenvalue weighted by atomic mass is 79.9. The largest absolute Gasteiger partial charge is 0.318 e. The first-order chi connectivity index (χ1) is 16.2. The molecule has 0 bridgehead atoms. The van der Waals surface area contributed by atoms with Crippen LogP contribution in [0.15, 0.2) is 58.5 Å². The van der Waals surface area contributed by atoms with Gasteiger partial charge >= 0.3 is 0 Å². The van der Waals surface area contributed by atoms with Crippen molar-refractivity contribution in [3.8, 4) is 11.4 Å². The van der Waals surface area contributed by atoms with Gasteiger partial charge in [0.1, 0.15) is 5.69 Å². The molecule has 1 aliphatic rings. The van der Waals surface area contributed by atoms with Gasteiger partial charge in [0, 0.05) is 35.0 Å². The molecule has 5 aromatic rings. The number of nitrogens with zero attached hydrogens (tertiary/aromatic N) is 8. The van der Waals surface area contributed by atoms with Gasteiger partial charge < -0.3 is 5.32 Å². The number of fused-ring (bicyclic) bond motifs is 3. The van der Waals surface area contributed by atoms with Gasteiger partial charge in [0.2, 0.25) is 5.95 Å². The Labute approximate surface area is 195 Å². The van der Waals surface area contributed by atoms with Crippen molar-refractivity contribution in [3.63, 3.8) is 0 Å². The molecular weight excluding hydrogens is 486 g/mol. The summed E-state index contributed by atoms with van der Waals surface area (Å²) in [7, 11) is 0. The van der Waals surface area contributed by atoms with Crippen molar-refractivity contribution in [1.29, 1.82) is 0 Å². The van der Waals surface area contributed by atoms with E-state index in [-0.39, 0.29) is 5.69 Å². The van der Waals surface area contributed by atoms with Crippen molar-refractivity contribution in [2.24, 2.45) is 5.92 Å². The van der Waals surface area contributed by atoms with Crippen molar-refractivity contribution in [3.05, 3.63) is 64.0 Å². The Morgan fingerprint density at radius 3 is 2.91 bits per heavy atom. The fraction of sp³-hybridized carbons (Fsp3) is 0.227. The SMILES string of the molecule is O=c1nccncc1Nc1nc2c(Br)cccc2c2nc(-c3cnn(CC4CCC4)c3)nn12. The Hall–Kier alpha value is -3.73. The summed E-state index contributed by atoms with van der Waals surface area (Å²) >= 11 is 3.57. The molecule has 0 spiro atoms. The number of nitrogens with one attached hydrogen (secondary N) is 1. The fourth-order valence-corrected chi connectivity index (χ4v) is 4.36. The number of hydrogen-bond donors (Lipinski definition) is 1. The summed E-state index contributed by atoms with van der Waals surface area (Å²) in [6.45, 7) is 0.912. The Morgan fingerprint density at radius 1 is 1.15 bits per heavy atom. The Morgan fingerprint density at radius 2 is 2.06 bits per heavy atom. The molecule has 4 heterocycles. The average Bonchev–Trinajstić information content (AvgIpc) is 3.38. The van der Waals surface area contributed by atoms with E-state index in [1.54, 1.807) is 10.7 Å². The first kappa shape index (κ1) is 19.9. The molecule has 0 amide bonds. The van der Waals surface area contributed by atoms with E-state index in [1.165, 1.54) is 37.9 Å². The highest BCUT2D eigenvalue weighted by Gasteiger charge is 2.20. The molecular formula is C22H18BrN9O. The first-order valence-electron chi connectivity index (χ1n) is 10.6. The summed E-state index contributed by atoms with van der Waals surface area (Å²) in [5.41, 5.74) is 1.86. The minimum atomic E-state index is -0.452. The molecule has 11 heteroatoms. The molecule has 1 aliphatic carbocycles. The van der Waals surface area contributed by atoms with Crippen LogP contribution in [0.25, 0.3) is 27.9 Å². The number of para-hydroxylation sites is 1. The summed E-state index contributed by atoms with van der Waals surface area (Å²) in [4.78, 5) is 29.7. The van der Waals surface area contributed by atoms with Crippen LogP contribution < -0.4 is 10.9 Å². The predicted molar refractivity (Wildman–Crippen MR) is 126 cm³/mol. The third-order valence-electron chi connectivity index (χ3n) is 5.84. The quantitative estimate of drug-likeness (QED) is 0.386. The molecule has 1 N–H and O–H groups in total. The van der Waals surface area contributed by atoms with Gasteiger partial charge in [-0.15, -0.1) is 5.10 Å². The van der Waals surface area contributed by atoms with E-state index in [1.807, 2.05) is 29.1 Å². The van der Waals surface area contributed by atoms with Crippen LogP contribution in [-0.2, 0) is 6.54 Å². The molecule has 0 unspecified atom stereocenters. The summed E-state index contributed by atoms with van der Waals surface area (Å²) < 4.78 is 4.36. The van der Waals surface area contributed by atoms with Crippen LogP contribution in [0.1, 0.15) is 19.3 Å². The molecule has 164 valence electrons. The third-order valence-corrected chi connectivity index (χ3v) is 6.48. The van der Waals surface area contributed by atoms with Gasteiger partial charge in [0.05, 0.1) is 23.5 Å². The van der Waals surface area contributed by atoms with Crippen molar-refractivity contribution >= 4 is 44.1 Å². The minimum Gasteiger partial charge on any atom is -0.318 e. The monoisotopic (exact) mass is 503 g/mol. The number of benzene rings is 1. The van der Waals surface area contributed by atoms with Crippen molar-refractivity contribution in [2.75, 3.05) is 5.32 Å². The molecule has 0 atom stereocenters. The maximum atomic E-state index is 12.3. The zero-order valence-electron chi connectivity index (χ0n) is 17.4. The second kappa shape index (κ2) is 8.00. The molecule has 33 heavy (non-hydrogen) atoms. The van der Waals surface area contributed by atoms with E-state index in [4.69, 9.17) is 15.1 Å². The van der Waals surface area contributed by atoms with E-state index in [2.05, 4.69) is 36.3 Å². The molecule has 0 aliphatic heterocycles. The lowest BCUT2D eigenvalue weighted by Gasteiger charge is -2.24.